The summed E-state index contributed by atoms with van der Waals surface area (Å²) in [5.74, 6) is 0.753. The number of hydrogen-bond donors (Lipinski definition) is 0. The average molecular weight is 220 g/mol. The van der Waals surface area contributed by atoms with Crippen molar-refractivity contribution in [2.45, 2.75) is 52.1 Å². The van der Waals surface area contributed by atoms with Crippen LogP contribution in [0.25, 0.3) is 0 Å². The summed E-state index contributed by atoms with van der Waals surface area (Å²) in [6, 6.07) is 0. The molecule has 0 spiro atoms. The fourth-order valence-electron chi connectivity index (χ4n) is 1.97. The van der Waals surface area contributed by atoms with E-state index in [1.54, 1.807) is 0 Å². The minimum atomic E-state index is -3.25. The van der Waals surface area contributed by atoms with E-state index in [-0.39, 0.29) is 11.9 Å². The van der Waals surface area contributed by atoms with Crippen LogP contribution < -0.4 is 0 Å². The molecule has 0 aromatic carbocycles. The molecule has 0 amide bonds. The van der Waals surface area contributed by atoms with Crippen molar-refractivity contribution in [2.24, 2.45) is 5.92 Å². The summed E-state index contributed by atoms with van der Waals surface area (Å²) < 4.78 is 27.9. The van der Waals surface area contributed by atoms with Gasteiger partial charge in [0.25, 0.3) is 10.1 Å². The predicted octanol–water partition coefficient (Wildman–Crippen LogP) is 2.32. The molecule has 0 aliphatic heterocycles. The van der Waals surface area contributed by atoms with Gasteiger partial charge in [-0.25, -0.2) is 0 Å². The smallest absolute Gasteiger partial charge is 0.267 e. The molecule has 1 rings (SSSR count). The van der Waals surface area contributed by atoms with Crippen molar-refractivity contribution >= 4 is 10.1 Å². The lowest BCUT2D eigenvalue weighted by Gasteiger charge is -2.25. The summed E-state index contributed by atoms with van der Waals surface area (Å²) in [5, 5.41) is 0. The van der Waals surface area contributed by atoms with Crippen LogP contribution in [-0.2, 0) is 14.3 Å². The van der Waals surface area contributed by atoms with E-state index in [2.05, 4.69) is 6.92 Å². The highest BCUT2D eigenvalue weighted by atomic mass is 32.2. The van der Waals surface area contributed by atoms with E-state index in [1.165, 1.54) is 6.42 Å². The second-order valence-corrected chi connectivity index (χ2v) is 5.97. The maximum atomic E-state index is 11.4. The lowest BCUT2D eigenvalue weighted by Crippen LogP contribution is -2.25. The molecule has 0 N–H and O–H groups in total. The van der Waals surface area contributed by atoms with Gasteiger partial charge in [0.1, 0.15) is 0 Å². The molecule has 0 saturated heterocycles. The average Bonchev–Trinajstić information content (AvgIpc) is 2.02. The molecule has 0 aromatic heterocycles. The monoisotopic (exact) mass is 220 g/mol. The molecule has 84 valence electrons. The summed E-state index contributed by atoms with van der Waals surface area (Å²) in [4.78, 5) is 0. The second kappa shape index (κ2) is 5.12. The van der Waals surface area contributed by atoms with Gasteiger partial charge < -0.3 is 0 Å². The van der Waals surface area contributed by atoms with Crippen molar-refractivity contribution in [3.05, 3.63) is 0 Å². The maximum absolute atomic E-state index is 11.4. The van der Waals surface area contributed by atoms with Crippen molar-refractivity contribution in [3.8, 4) is 0 Å². The molecule has 1 aliphatic carbocycles. The Morgan fingerprint density at radius 3 is 2.64 bits per heavy atom. The van der Waals surface area contributed by atoms with Gasteiger partial charge in [-0.2, -0.15) is 8.42 Å². The summed E-state index contributed by atoms with van der Waals surface area (Å²) in [6.07, 6.45) is 4.65. The lowest BCUT2D eigenvalue weighted by molar-refractivity contribution is 0.136. The van der Waals surface area contributed by atoms with Crippen molar-refractivity contribution in [3.63, 3.8) is 0 Å². The molecule has 1 fully saturated rings. The molecule has 1 aliphatic rings. The van der Waals surface area contributed by atoms with Crippen LogP contribution in [0.3, 0.4) is 0 Å². The largest absolute Gasteiger partial charge is 0.267 e. The molecule has 2 atom stereocenters. The van der Waals surface area contributed by atoms with Crippen LogP contribution in [0.1, 0.15) is 46.0 Å². The van der Waals surface area contributed by atoms with Crippen LogP contribution in [0, 0.1) is 5.92 Å². The highest BCUT2D eigenvalue weighted by Crippen LogP contribution is 2.26. The predicted molar refractivity (Wildman–Crippen MR) is 56.6 cm³/mol. The van der Waals surface area contributed by atoms with Crippen LogP contribution >= 0.6 is 0 Å². The van der Waals surface area contributed by atoms with Crippen LogP contribution in [0.4, 0.5) is 0 Å². The van der Waals surface area contributed by atoms with Gasteiger partial charge in [0.05, 0.1) is 11.9 Å². The van der Waals surface area contributed by atoms with Gasteiger partial charge >= 0.3 is 0 Å². The summed E-state index contributed by atoms with van der Waals surface area (Å²) >= 11 is 0. The Bertz CT molecular complexity index is 259. The molecule has 0 heterocycles. The Morgan fingerprint density at radius 2 is 2.07 bits per heavy atom. The van der Waals surface area contributed by atoms with E-state index in [4.69, 9.17) is 4.18 Å². The molecule has 4 heteroatoms. The zero-order valence-corrected chi connectivity index (χ0v) is 9.85. The Balaban J connectivity index is 2.43. The third kappa shape index (κ3) is 3.96. The first-order valence-corrected chi connectivity index (χ1v) is 7.02. The minimum Gasteiger partial charge on any atom is -0.267 e. The van der Waals surface area contributed by atoms with Crippen molar-refractivity contribution in [2.75, 3.05) is 5.75 Å². The lowest BCUT2D eigenvalue weighted by atomic mass is 9.89. The van der Waals surface area contributed by atoms with Crippen molar-refractivity contribution in [1.82, 2.24) is 0 Å². The summed E-state index contributed by atoms with van der Waals surface area (Å²) in [7, 11) is -3.25. The normalized spacial score (nSPS) is 29.0. The summed E-state index contributed by atoms with van der Waals surface area (Å²) in [5.41, 5.74) is 0. The molecule has 0 radical (unpaired) electrons. The molecular formula is C10H20O3S. The van der Waals surface area contributed by atoms with Gasteiger partial charge in [-0.1, -0.05) is 26.7 Å². The van der Waals surface area contributed by atoms with Gasteiger partial charge in [-0.3, -0.25) is 4.18 Å². The molecule has 1 saturated carbocycles. The first-order chi connectivity index (χ1) is 6.53. The van der Waals surface area contributed by atoms with Crippen molar-refractivity contribution < 1.29 is 12.6 Å². The third-order valence-corrected chi connectivity index (χ3v) is 4.10. The quantitative estimate of drug-likeness (QED) is 0.683. The fraction of sp³-hybridized carbons (Fsp3) is 1.00. The minimum absolute atomic E-state index is 0.0599. The van der Waals surface area contributed by atoms with Crippen LogP contribution in [0.15, 0.2) is 0 Å². The highest BCUT2D eigenvalue weighted by Gasteiger charge is 2.24. The van der Waals surface area contributed by atoms with E-state index in [0.29, 0.717) is 12.3 Å². The van der Waals surface area contributed by atoms with Crippen LogP contribution in [0.5, 0.6) is 0 Å². The van der Waals surface area contributed by atoms with Gasteiger partial charge in [0.15, 0.2) is 0 Å². The zero-order chi connectivity index (χ0) is 10.6. The van der Waals surface area contributed by atoms with Gasteiger partial charge in [-0.15, -0.1) is 0 Å². The Labute approximate surface area is 87.0 Å². The number of hydrogen-bond acceptors (Lipinski definition) is 3. The van der Waals surface area contributed by atoms with E-state index in [1.807, 2.05) is 6.92 Å². The van der Waals surface area contributed by atoms with E-state index in [0.717, 1.165) is 19.3 Å². The standard InChI is InChI=1S/C10H20O3S/c1-3-7-14(11,12)13-10-6-4-5-9(2)8-10/h9-10H,3-8H2,1-2H3. The van der Waals surface area contributed by atoms with Crippen LogP contribution in [0.2, 0.25) is 0 Å². The second-order valence-electron chi connectivity index (χ2n) is 4.25. The van der Waals surface area contributed by atoms with Crippen LogP contribution in [-0.4, -0.2) is 20.3 Å². The maximum Gasteiger partial charge on any atom is 0.267 e. The van der Waals surface area contributed by atoms with Gasteiger partial charge in [-0.05, 0) is 25.2 Å². The molecular weight excluding hydrogens is 200 g/mol. The fourth-order valence-corrected chi connectivity index (χ4v) is 3.16. The van der Waals surface area contributed by atoms with E-state index < -0.39 is 10.1 Å². The third-order valence-electron chi connectivity index (χ3n) is 2.63. The first kappa shape index (κ1) is 12.0. The molecule has 14 heavy (non-hydrogen) atoms. The molecule has 0 aromatic rings. The van der Waals surface area contributed by atoms with E-state index in [9.17, 15) is 8.42 Å². The Morgan fingerprint density at radius 1 is 1.36 bits per heavy atom. The Hall–Kier alpha value is -0.0900. The molecule has 3 nitrogen and oxygen atoms in total. The highest BCUT2D eigenvalue weighted by molar-refractivity contribution is 7.86. The molecule has 2 unspecified atom stereocenters. The van der Waals surface area contributed by atoms with Gasteiger partial charge in [0.2, 0.25) is 0 Å². The SMILES string of the molecule is CCCS(=O)(=O)OC1CCCC(C)C1. The van der Waals surface area contributed by atoms with E-state index >= 15 is 0 Å². The van der Waals surface area contributed by atoms with Crippen molar-refractivity contribution in [1.29, 1.82) is 0 Å². The number of rotatable bonds is 4. The molecule has 0 bridgehead atoms. The zero-order valence-electron chi connectivity index (χ0n) is 9.03. The topological polar surface area (TPSA) is 43.4 Å². The Kier molecular flexibility index (Phi) is 4.38. The van der Waals surface area contributed by atoms with Gasteiger partial charge in [0, 0.05) is 0 Å². The first-order valence-electron chi connectivity index (χ1n) is 5.44. The summed E-state index contributed by atoms with van der Waals surface area (Å²) in [6.45, 7) is 4.01.